The summed E-state index contributed by atoms with van der Waals surface area (Å²) in [6, 6.07) is 1.62. The standard InChI is InChI=1S/C7H5BrFN3/c1-4-10-11-7-6(9)5(8)2-3-12(4)7/h2-3H,1H3. The first-order chi connectivity index (χ1) is 5.70. The van der Waals surface area contributed by atoms with E-state index >= 15 is 0 Å². The van der Waals surface area contributed by atoms with E-state index in [1.165, 1.54) is 0 Å². The molecule has 3 nitrogen and oxygen atoms in total. The van der Waals surface area contributed by atoms with Crippen LogP contribution in [0.5, 0.6) is 0 Å². The van der Waals surface area contributed by atoms with Crippen LogP contribution in [-0.4, -0.2) is 14.6 Å². The number of aryl methyl sites for hydroxylation is 1. The Morgan fingerprint density at radius 3 is 3.00 bits per heavy atom. The molecule has 0 aliphatic carbocycles. The minimum Gasteiger partial charge on any atom is -0.284 e. The topological polar surface area (TPSA) is 30.2 Å². The summed E-state index contributed by atoms with van der Waals surface area (Å²) >= 11 is 3.07. The van der Waals surface area contributed by atoms with E-state index in [1.54, 1.807) is 23.6 Å². The molecule has 0 amide bonds. The highest BCUT2D eigenvalue weighted by Gasteiger charge is 2.08. The number of hydrogen-bond acceptors (Lipinski definition) is 2. The molecule has 2 heterocycles. The lowest BCUT2D eigenvalue weighted by atomic mass is 10.4. The maximum Gasteiger partial charge on any atom is 0.198 e. The minimum absolute atomic E-state index is 0.252. The smallest absolute Gasteiger partial charge is 0.198 e. The van der Waals surface area contributed by atoms with Gasteiger partial charge in [-0.25, -0.2) is 4.39 Å². The fourth-order valence-electron chi connectivity index (χ4n) is 1.02. The highest BCUT2D eigenvalue weighted by atomic mass is 79.9. The Labute approximate surface area is 76.4 Å². The maximum atomic E-state index is 13.2. The van der Waals surface area contributed by atoms with Crippen molar-refractivity contribution in [1.82, 2.24) is 14.6 Å². The van der Waals surface area contributed by atoms with Crippen LogP contribution < -0.4 is 0 Å². The van der Waals surface area contributed by atoms with Crippen molar-refractivity contribution in [3.05, 3.63) is 28.4 Å². The highest BCUT2D eigenvalue weighted by Crippen LogP contribution is 2.18. The molecule has 0 saturated heterocycles. The van der Waals surface area contributed by atoms with Crippen LogP contribution in [0.1, 0.15) is 5.82 Å². The van der Waals surface area contributed by atoms with E-state index in [-0.39, 0.29) is 11.5 Å². The SMILES string of the molecule is Cc1nnc2c(F)c(Br)ccn12. The van der Waals surface area contributed by atoms with Gasteiger partial charge in [0.1, 0.15) is 5.82 Å². The average Bonchev–Trinajstić information content (AvgIpc) is 2.41. The van der Waals surface area contributed by atoms with Gasteiger partial charge in [0.05, 0.1) is 4.47 Å². The third-order valence-corrected chi connectivity index (χ3v) is 2.25. The van der Waals surface area contributed by atoms with E-state index in [9.17, 15) is 4.39 Å². The van der Waals surface area contributed by atoms with Gasteiger partial charge in [0, 0.05) is 6.20 Å². The minimum atomic E-state index is -0.377. The molecular formula is C7H5BrFN3. The van der Waals surface area contributed by atoms with Gasteiger partial charge in [-0.2, -0.15) is 0 Å². The summed E-state index contributed by atoms with van der Waals surface area (Å²) in [5.74, 6) is 0.300. The van der Waals surface area contributed by atoms with Crippen LogP contribution >= 0.6 is 15.9 Å². The second kappa shape index (κ2) is 2.52. The molecule has 0 aromatic carbocycles. The largest absolute Gasteiger partial charge is 0.284 e. The van der Waals surface area contributed by atoms with Crippen molar-refractivity contribution < 1.29 is 4.39 Å². The molecule has 0 bridgehead atoms. The fourth-order valence-corrected chi connectivity index (χ4v) is 1.31. The molecule has 12 heavy (non-hydrogen) atoms. The monoisotopic (exact) mass is 229 g/mol. The van der Waals surface area contributed by atoms with Crippen molar-refractivity contribution in [1.29, 1.82) is 0 Å². The Morgan fingerprint density at radius 2 is 2.25 bits per heavy atom. The Hall–Kier alpha value is -0.970. The van der Waals surface area contributed by atoms with E-state index in [2.05, 4.69) is 26.1 Å². The molecule has 2 aromatic heterocycles. The lowest BCUT2D eigenvalue weighted by Gasteiger charge is -1.96. The Balaban J connectivity index is 2.93. The fraction of sp³-hybridized carbons (Fsp3) is 0.143. The number of nitrogens with zero attached hydrogens (tertiary/aromatic N) is 3. The molecule has 0 radical (unpaired) electrons. The summed E-state index contributed by atoms with van der Waals surface area (Å²) in [6.45, 7) is 1.77. The first-order valence-electron chi connectivity index (χ1n) is 3.35. The Kier molecular flexibility index (Phi) is 1.61. The summed E-state index contributed by atoms with van der Waals surface area (Å²) in [5, 5.41) is 7.44. The number of hydrogen-bond donors (Lipinski definition) is 0. The van der Waals surface area contributed by atoms with Crippen molar-refractivity contribution in [2.75, 3.05) is 0 Å². The molecule has 0 aliphatic heterocycles. The van der Waals surface area contributed by atoms with E-state index in [0.29, 0.717) is 10.3 Å². The van der Waals surface area contributed by atoms with E-state index in [4.69, 9.17) is 0 Å². The van der Waals surface area contributed by atoms with E-state index in [1.807, 2.05) is 0 Å². The molecule has 0 aliphatic rings. The summed E-state index contributed by atoms with van der Waals surface area (Å²) in [7, 11) is 0. The van der Waals surface area contributed by atoms with Gasteiger partial charge in [0.2, 0.25) is 0 Å². The van der Waals surface area contributed by atoms with Crippen molar-refractivity contribution in [3.63, 3.8) is 0 Å². The molecule has 0 saturated carbocycles. The van der Waals surface area contributed by atoms with E-state index in [0.717, 1.165) is 0 Å². The van der Waals surface area contributed by atoms with Gasteiger partial charge in [-0.1, -0.05) is 0 Å². The van der Waals surface area contributed by atoms with Crippen LogP contribution in [-0.2, 0) is 0 Å². The van der Waals surface area contributed by atoms with Gasteiger partial charge in [-0.3, -0.25) is 4.40 Å². The lowest BCUT2D eigenvalue weighted by molar-refractivity contribution is 0.622. The molecule has 5 heteroatoms. The summed E-state index contributed by atoms with van der Waals surface area (Å²) in [4.78, 5) is 0. The summed E-state index contributed by atoms with van der Waals surface area (Å²) < 4.78 is 15.2. The van der Waals surface area contributed by atoms with E-state index < -0.39 is 0 Å². The first kappa shape index (κ1) is 7.67. The van der Waals surface area contributed by atoms with Crippen LogP contribution in [0, 0.1) is 12.7 Å². The van der Waals surface area contributed by atoms with Crippen molar-refractivity contribution in [2.24, 2.45) is 0 Å². The number of fused-ring (bicyclic) bond motifs is 1. The number of rotatable bonds is 0. The molecule has 0 fully saturated rings. The van der Waals surface area contributed by atoms with Gasteiger partial charge in [0.15, 0.2) is 11.5 Å². The van der Waals surface area contributed by atoms with Crippen LogP contribution in [0.2, 0.25) is 0 Å². The molecule has 0 spiro atoms. The van der Waals surface area contributed by atoms with Crippen LogP contribution in [0.4, 0.5) is 4.39 Å². The van der Waals surface area contributed by atoms with Gasteiger partial charge < -0.3 is 0 Å². The zero-order chi connectivity index (χ0) is 8.72. The van der Waals surface area contributed by atoms with Gasteiger partial charge >= 0.3 is 0 Å². The predicted octanol–water partition coefficient (Wildman–Crippen LogP) is 1.94. The Bertz CT molecular complexity index is 437. The van der Waals surface area contributed by atoms with Gasteiger partial charge in [0.25, 0.3) is 0 Å². The molecule has 2 rings (SSSR count). The van der Waals surface area contributed by atoms with Crippen LogP contribution in [0.15, 0.2) is 16.7 Å². The first-order valence-corrected chi connectivity index (χ1v) is 4.15. The zero-order valence-corrected chi connectivity index (χ0v) is 7.84. The lowest BCUT2D eigenvalue weighted by Crippen LogP contribution is -1.90. The highest BCUT2D eigenvalue weighted by molar-refractivity contribution is 9.10. The summed E-state index contributed by atoms with van der Waals surface area (Å²) in [5.41, 5.74) is 0.252. The third kappa shape index (κ3) is 0.929. The zero-order valence-electron chi connectivity index (χ0n) is 6.25. The van der Waals surface area contributed by atoms with Crippen molar-refractivity contribution in [2.45, 2.75) is 6.92 Å². The normalized spacial score (nSPS) is 10.9. The Morgan fingerprint density at radius 1 is 1.50 bits per heavy atom. The molecule has 0 unspecified atom stereocenters. The maximum absolute atomic E-state index is 13.2. The van der Waals surface area contributed by atoms with Crippen LogP contribution in [0.3, 0.4) is 0 Å². The third-order valence-electron chi connectivity index (χ3n) is 1.64. The molecule has 0 atom stereocenters. The van der Waals surface area contributed by atoms with Crippen LogP contribution in [0.25, 0.3) is 5.65 Å². The number of halogens is 2. The number of aromatic nitrogens is 3. The molecule has 2 aromatic rings. The summed E-state index contributed by atoms with van der Waals surface area (Å²) in [6.07, 6.45) is 1.72. The number of pyridine rings is 1. The van der Waals surface area contributed by atoms with Gasteiger partial charge in [-0.15, -0.1) is 10.2 Å². The second-order valence-electron chi connectivity index (χ2n) is 2.42. The van der Waals surface area contributed by atoms with Gasteiger partial charge in [-0.05, 0) is 28.9 Å². The quantitative estimate of drug-likeness (QED) is 0.692. The average molecular weight is 230 g/mol. The molecule has 0 N–H and O–H groups in total. The molecule has 62 valence electrons. The van der Waals surface area contributed by atoms with Crippen molar-refractivity contribution in [3.8, 4) is 0 Å². The predicted molar refractivity (Wildman–Crippen MR) is 45.4 cm³/mol. The van der Waals surface area contributed by atoms with Crippen molar-refractivity contribution >= 4 is 21.6 Å². The molecular weight excluding hydrogens is 225 g/mol. The second-order valence-corrected chi connectivity index (χ2v) is 3.27.